The van der Waals surface area contributed by atoms with E-state index in [1.165, 1.54) is 0 Å². The van der Waals surface area contributed by atoms with Gasteiger partial charge in [-0.1, -0.05) is 67.1 Å². The van der Waals surface area contributed by atoms with Crippen molar-refractivity contribution < 1.29 is 28.7 Å². The number of nitrogens with one attached hydrogen (secondary N) is 2. The smallest absolute Gasteiger partial charge is 0.408 e. The van der Waals surface area contributed by atoms with E-state index in [1.54, 1.807) is 64.3 Å². The fourth-order valence-corrected chi connectivity index (χ4v) is 5.34. The summed E-state index contributed by atoms with van der Waals surface area (Å²) in [5.74, 6) is -0.905. The zero-order valence-corrected chi connectivity index (χ0v) is 30.0. The van der Waals surface area contributed by atoms with Gasteiger partial charge in [-0.2, -0.15) is 11.8 Å². The van der Waals surface area contributed by atoms with Crippen molar-refractivity contribution in [1.29, 1.82) is 0 Å². The van der Waals surface area contributed by atoms with Gasteiger partial charge in [0.15, 0.2) is 0 Å². The molecule has 0 heterocycles. The Kier molecular flexibility index (Phi) is 14.6. The van der Waals surface area contributed by atoms with Crippen molar-refractivity contribution in [3.05, 3.63) is 71.3 Å². The van der Waals surface area contributed by atoms with Crippen molar-refractivity contribution in [3.63, 3.8) is 0 Å². The lowest BCUT2D eigenvalue weighted by molar-refractivity contribution is -0.159. The largest absolute Gasteiger partial charge is 0.458 e. The summed E-state index contributed by atoms with van der Waals surface area (Å²) in [5, 5.41) is 5.72. The minimum Gasteiger partial charge on any atom is -0.458 e. The lowest BCUT2D eigenvalue weighted by Gasteiger charge is -2.39. The molecule has 0 fully saturated rings. The predicted octanol–water partition coefficient (Wildman–Crippen LogP) is 6.38. The van der Waals surface area contributed by atoms with Crippen LogP contribution in [0.5, 0.6) is 0 Å². The molecule has 0 saturated heterocycles. The third-order valence-electron chi connectivity index (χ3n) is 7.09. The van der Waals surface area contributed by atoms with Crippen molar-refractivity contribution in [3.8, 4) is 0 Å². The van der Waals surface area contributed by atoms with Gasteiger partial charge in [0.05, 0.1) is 0 Å². The number of hydrogen-bond acceptors (Lipinski definition) is 7. The standard InChI is InChI=1S/C36H53N3O6S/c1-11-25(3)39(32(41)28(20-21-46-10)38-34(43)45-36(7,8)9)30(27-19-15-16-24(2)22-27)31(40)37-29(33(42)44-35(4,5)6)23-26-17-13-12-14-18-26/h12-19,22,25,28-30H,11,20-21,23H2,1-10H3,(H,37,40)(H,38,43). The van der Waals surface area contributed by atoms with Crippen molar-refractivity contribution in [2.24, 2.45) is 0 Å². The first-order chi connectivity index (χ1) is 21.5. The highest BCUT2D eigenvalue weighted by Gasteiger charge is 2.40. The van der Waals surface area contributed by atoms with Crippen LogP contribution in [-0.2, 0) is 30.3 Å². The Morgan fingerprint density at radius 3 is 2.04 bits per heavy atom. The van der Waals surface area contributed by atoms with E-state index in [1.807, 2.05) is 75.6 Å². The van der Waals surface area contributed by atoms with Crippen LogP contribution in [0.2, 0.25) is 0 Å². The monoisotopic (exact) mass is 655 g/mol. The predicted molar refractivity (Wildman–Crippen MR) is 185 cm³/mol. The molecule has 254 valence electrons. The Labute approximate surface area is 279 Å². The van der Waals surface area contributed by atoms with Crippen molar-refractivity contribution >= 4 is 35.6 Å². The quantitative estimate of drug-likeness (QED) is 0.227. The van der Waals surface area contributed by atoms with Crippen molar-refractivity contribution in [2.75, 3.05) is 12.0 Å². The van der Waals surface area contributed by atoms with E-state index in [-0.39, 0.29) is 6.42 Å². The summed E-state index contributed by atoms with van der Waals surface area (Å²) < 4.78 is 11.2. The van der Waals surface area contributed by atoms with Crippen LogP contribution in [0.4, 0.5) is 4.79 Å². The molecule has 0 saturated carbocycles. The van der Waals surface area contributed by atoms with E-state index in [9.17, 15) is 19.2 Å². The number of aryl methyl sites for hydroxylation is 1. The molecule has 0 aromatic heterocycles. The lowest BCUT2D eigenvalue weighted by Crippen LogP contribution is -2.57. The highest BCUT2D eigenvalue weighted by Crippen LogP contribution is 2.28. The Morgan fingerprint density at radius 2 is 1.50 bits per heavy atom. The fourth-order valence-electron chi connectivity index (χ4n) is 4.86. The number of esters is 1. The van der Waals surface area contributed by atoms with Gasteiger partial charge in [-0.05, 0) is 91.4 Å². The molecule has 2 N–H and O–H groups in total. The molecule has 2 rings (SSSR count). The number of amides is 3. The number of alkyl carbamates (subject to hydrolysis) is 1. The van der Waals surface area contributed by atoms with Crippen LogP contribution in [0.1, 0.15) is 91.0 Å². The summed E-state index contributed by atoms with van der Waals surface area (Å²) in [7, 11) is 0. The van der Waals surface area contributed by atoms with Gasteiger partial charge in [0, 0.05) is 12.5 Å². The summed E-state index contributed by atoms with van der Waals surface area (Å²) in [4.78, 5) is 57.0. The molecule has 0 aliphatic heterocycles. The molecule has 10 heteroatoms. The van der Waals surface area contributed by atoms with Gasteiger partial charge in [0.2, 0.25) is 11.8 Å². The topological polar surface area (TPSA) is 114 Å². The molecule has 0 bridgehead atoms. The van der Waals surface area contributed by atoms with Crippen molar-refractivity contribution in [1.82, 2.24) is 15.5 Å². The molecule has 0 aliphatic rings. The van der Waals surface area contributed by atoms with Gasteiger partial charge in [0.1, 0.15) is 29.3 Å². The van der Waals surface area contributed by atoms with Gasteiger partial charge in [-0.25, -0.2) is 9.59 Å². The summed E-state index contributed by atoms with van der Waals surface area (Å²) in [6.45, 7) is 16.3. The first-order valence-electron chi connectivity index (χ1n) is 15.9. The number of rotatable bonds is 14. The van der Waals surface area contributed by atoms with Crippen LogP contribution in [0.3, 0.4) is 0 Å². The number of ether oxygens (including phenoxy) is 2. The molecule has 46 heavy (non-hydrogen) atoms. The average Bonchev–Trinajstić information content (AvgIpc) is 2.95. The van der Waals surface area contributed by atoms with Crippen LogP contribution >= 0.6 is 11.8 Å². The molecule has 0 radical (unpaired) electrons. The van der Waals surface area contributed by atoms with Crippen molar-refractivity contribution in [2.45, 2.75) is 117 Å². The summed E-state index contributed by atoms with van der Waals surface area (Å²) in [5.41, 5.74) is 0.815. The van der Waals surface area contributed by atoms with E-state index < -0.39 is 59.2 Å². The highest BCUT2D eigenvalue weighted by molar-refractivity contribution is 7.98. The number of thioether (sulfide) groups is 1. The Bertz CT molecular complexity index is 1300. The maximum atomic E-state index is 14.5. The SMILES string of the molecule is CCC(C)N(C(=O)C(CCSC)NC(=O)OC(C)(C)C)C(C(=O)NC(Cc1ccccc1)C(=O)OC(C)(C)C)c1cccc(C)c1. The second-order valence-electron chi connectivity index (χ2n) is 13.6. The number of hydrogen-bond donors (Lipinski definition) is 2. The summed E-state index contributed by atoms with van der Waals surface area (Å²) in [6.07, 6.45) is 2.30. The van der Waals surface area contributed by atoms with Gasteiger partial charge in [0.25, 0.3) is 0 Å². The van der Waals surface area contributed by atoms with Crippen LogP contribution in [0.15, 0.2) is 54.6 Å². The summed E-state index contributed by atoms with van der Waals surface area (Å²) >= 11 is 1.55. The first-order valence-corrected chi connectivity index (χ1v) is 17.3. The van der Waals surface area contributed by atoms with Crippen LogP contribution in [0, 0.1) is 6.92 Å². The molecule has 0 spiro atoms. The number of nitrogens with zero attached hydrogens (tertiary/aromatic N) is 1. The lowest BCUT2D eigenvalue weighted by atomic mass is 9.97. The number of benzene rings is 2. The molecular weight excluding hydrogens is 602 g/mol. The zero-order valence-electron chi connectivity index (χ0n) is 29.1. The number of carbonyl (C=O) groups is 4. The van der Waals surface area contributed by atoms with E-state index in [0.29, 0.717) is 24.2 Å². The van der Waals surface area contributed by atoms with E-state index in [4.69, 9.17) is 9.47 Å². The number of carbonyl (C=O) groups excluding carboxylic acids is 4. The minimum absolute atomic E-state index is 0.204. The zero-order chi connectivity index (χ0) is 34.7. The molecule has 4 atom stereocenters. The van der Waals surface area contributed by atoms with Crippen LogP contribution in [0.25, 0.3) is 0 Å². The molecule has 0 aliphatic carbocycles. The van der Waals surface area contributed by atoms with E-state index in [0.717, 1.165) is 11.1 Å². The average molecular weight is 656 g/mol. The summed E-state index contributed by atoms with van der Waals surface area (Å²) in [6, 6.07) is 13.4. The minimum atomic E-state index is -1.10. The second kappa shape index (κ2) is 17.4. The Hall–Kier alpha value is -3.53. The molecule has 4 unspecified atom stereocenters. The normalized spacial score (nSPS) is 14.3. The van der Waals surface area contributed by atoms with Gasteiger partial charge < -0.3 is 25.0 Å². The molecule has 3 amide bonds. The Balaban J connectivity index is 2.62. The molecule has 2 aromatic carbocycles. The first kappa shape index (κ1) is 38.7. The fraction of sp³-hybridized carbons (Fsp3) is 0.556. The third kappa shape index (κ3) is 12.7. The van der Waals surface area contributed by atoms with Gasteiger partial charge in [-0.15, -0.1) is 0 Å². The van der Waals surface area contributed by atoms with Gasteiger partial charge in [-0.3, -0.25) is 9.59 Å². The maximum Gasteiger partial charge on any atom is 0.408 e. The molecule has 9 nitrogen and oxygen atoms in total. The highest BCUT2D eigenvalue weighted by atomic mass is 32.2. The van der Waals surface area contributed by atoms with E-state index in [2.05, 4.69) is 10.6 Å². The van der Waals surface area contributed by atoms with E-state index >= 15 is 0 Å². The maximum absolute atomic E-state index is 14.5. The van der Waals surface area contributed by atoms with Gasteiger partial charge >= 0.3 is 12.1 Å². The van der Waals surface area contributed by atoms with Crippen LogP contribution < -0.4 is 10.6 Å². The Morgan fingerprint density at radius 1 is 0.870 bits per heavy atom. The molecular formula is C36H53N3O6S. The third-order valence-corrected chi connectivity index (χ3v) is 7.74. The second-order valence-corrected chi connectivity index (χ2v) is 14.6. The molecule has 2 aromatic rings. The van der Waals surface area contributed by atoms with Crippen LogP contribution in [-0.4, -0.2) is 70.1 Å².